The summed E-state index contributed by atoms with van der Waals surface area (Å²) in [6.45, 7) is 6.62. The molecule has 2 rings (SSSR count). The Morgan fingerprint density at radius 2 is 1.80 bits per heavy atom. The second-order valence-corrected chi connectivity index (χ2v) is 6.98. The van der Waals surface area contributed by atoms with Gasteiger partial charge < -0.3 is 10.6 Å². The first-order valence-electron chi connectivity index (χ1n) is 7.67. The summed E-state index contributed by atoms with van der Waals surface area (Å²) in [6.07, 6.45) is 3.90. The average molecular weight is 303 g/mol. The van der Waals surface area contributed by atoms with Crippen LogP contribution in [0.3, 0.4) is 0 Å². The highest BCUT2D eigenvalue weighted by atomic mass is 35.5. The summed E-state index contributed by atoms with van der Waals surface area (Å²) in [6, 6.07) is 0.452. The van der Waals surface area contributed by atoms with Crippen LogP contribution in [0.1, 0.15) is 46.5 Å². The second kappa shape index (κ2) is 6.96. The maximum atomic E-state index is 12.0. The molecule has 116 valence electrons. The first kappa shape index (κ1) is 15.9. The Balaban J connectivity index is 1.75. The number of nitrogens with one attached hydrogen (secondary N) is 4. The number of carbonyl (C=O) groups is 1. The molecule has 2 amide bonds. The van der Waals surface area contributed by atoms with Crippen molar-refractivity contribution in [2.75, 3.05) is 0 Å². The molecule has 0 spiro atoms. The van der Waals surface area contributed by atoms with E-state index in [2.05, 4.69) is 42.0 Å². The maximum absolute atomic E-state index is 12.0. The van der Waals surface area contributed by atoms with Crippen molar-refractivity contribution in [1.29, 1.82) is 0 Å². The molecule has 1 saturated carbocycles. The summed E-state index contributed by atoms with van der Waals surface area (Å²) in [5, 5.41) is 12.3. The lowest BCUT2D eigenvalue weighted by molar-refractivity contribution is 0.194. The van der Waals surface area contributed by atoms with Crippen LogP contribution < -0.4 is 21.3 Å². The molecule has 20 heavy (non-hydrogen) atoms. The van der Waals surface area contributed by atoms with E-state index in [0.717, 1.165) is 25.2 Å². The number of hydrogen-bond donors (Lipinski definition) is 4. The van der Waals surface area contributed by atoms with Gasteiger partial charge in [0.25, 0.3) is 0 Å². The highest BCUT2D eigenvalue weighted by Crippen LogP contribution is 2.29. The van der Waals surface area contributed by atoms with Gasteiger partial charge in [0.1, 0.15) is 6.29 Å². The van der Waals surface area contributed by atoms with Crippen LogP contribution in [0.25, 0.3) is 0 Å². The third-order valence-corrected chi connectivity index (χ3v) is 4.87. The molecule has 2 fully saturated rings. The number of alkyl halides is 1. The topological polar surface area (TPSA) is 65.2 Å². The zero-order valence-corrected chi connectivity index (χ0v) is 13.3. The van der Waals surface area contributed by atoms with Gasteiger partial charge in [0.05, 0.1) is 5.50 Å². The van der Waals surface area contributed by atoms with Gasteiger partial charge in [0, 0.05) is 12.1 Å². The molecule has 4 N–H and O–H groups in total. The summed E-state index contributed by atoms with van der Waals surface area (Å²) in [5.74, 6) is 1.43. The summed E-state index contributed by atoms with van der Waals surface area (Å²) in [4.78, 5) is 12.0. The monoisotopic (exact) mass is 302 g/mol. The van der Waals surface area contributed by atoms with E-state index in [-0.39, 0.29) is 23.9 Å². The molecule has 1 aliphatic carbocycles. The van der Waals surface area contributed by atoms with Crippen molar-refractivity contribution < 1.29 is 4.79 Å². The van der Waals surface area contributed by atoms with Crippen LogP contribution in [-0.4, -0.2) is 29.9 Å². The molecule has 5 nitrogen and oxygen atoms in total. The zero-order chi connectivity index (χ0) is 14.7. The molecular weight excluding hydrogens is 276 g/mol. The summed E-state index contributed by atoms with van der Waals surface area (Å²) < 4.78 is 0. The first-order valence-corrected chi connectivity index (χ1v) is 8.11. The van der Waals surface area contributed by atoms with Gasteiger partial charge in [-0.15, -0.1) is 11.6 Å². The molecule has 6 heteroatoms. The van der Waals surface area contributed by atoms with E-state index in [1.54, 1.807) is 0 Å². The fourth-order valence-corrected chi connectivity index (χ4v) is 3.47. The van der Waals surface area contributed by atoms with Crippen LogP contribution in [0.5, 0.6) is 0 Å². The van der Waals surface area contributed by atoms with Crippen LogP contribution in [-0.2, 0) is 0 Å². The number of hydrogen-bond acceptors (Lipinski definition) is 3. The highest BCUT2D eigenvalue weighted by molar-refractivity contribution is 6.20. The molecular formula is C14H27ClN4O. The standard InChI is InChI=1S/C14H27ClN4O/c1-8-4-5-11(6-9(8)2)17-14(20)19-13-16-10(3)7-12(15)18-13/h8-13,16,18H,4-7H2,1-3H3,(H2,17,19,20). The van der Waals surface area contributed by atoms with E-state index in [4.69, 9.17) is 11.6 Å². The largest absolute Gasteiger partial charge is 0.335 e. The summed E-state index contributed by atoms with van der Waals surface area (Å²) in [5.41, 5.74) is -0.105. The SMILES string of the molecule is CC1CC(Cl)NC(NC(=O)NC2CCC(C)C(C)C2)N1. The Morgan fingerprint density at radius 3 is 2.45 bits per heavy atom. The molecule has 1 heterocycles. The fourth-order valence-electron chi connectivity index (χ4n) is 3.08. The number of rotatable bonds is 2. The minimum absolute atomic E-state index is 0.105. The van der Waals surface area contributed by atoms with Gasteiger partial charge in [-0.3, -0.25) is 10.6 Å². The molecule has 1 aliphatic heterocycles. The summed E-state index contributed by atoms with van der Waals surface area (Å²) >= 11 is 6.09. The lowest BCUT2D eigenvalue weighted by Crippen LogP contribution is -2.65. The average Bonchev–Trinajstić information content (AvgIpc) is 2.32. The molecule has 0 bridgehead atoms. The Bertz CT molecular complexity index is 331. The van der Waals surface area contributed by atoms with Crippen molar-refractivity contribution in [3.63, 3.8) is 0 Å². The number of urea groups is 1. The third-order valence-electron chi connectivity index (χ3n) is 4.57. The molecule has 0 radical (unpaired) electrons. The maximum Gasteiger partial charge on any atom is 0.317 e. The smallest absolute Gasteiger partial charge is 0.317 e. The number of amides is 2. The van der Waals surface area contributed by atoms with Crippen molar-refractivity contribution in [2.24, 2.45) is 11.8 Å². The lowest BCUT2D eigenvalue weighted by Gasteiger charge is -2.35. The van der Waals surface area contributed by atoms with E-state index in [9.17, 15) is 4.79 Å². The van der Waals surface area contributed by atoms with Crippen LogP contribution >= 0.6 is 11.6 Å². The van der Waals surface area contributed by atoms with Crippen LogP contribution in [0.4, 0.5) is 4.79 Å². The minimum atomic E-state index is -0.263. The number of carbonyl (C=O) groups excluding carboxylic acids is 1. The van der Waals surface area contributed by atoms with E-state index >= 15 is 0 Å². The van der Waals surface area contributed by atoms with Gasteiger partial charge >= 0.3 is 6.03 Å². The van der Waals surface area contributed by atoms with Gasteiger partial charge in [-0.05, 0) is 44.4 Å². The predicted molar refractivity (Wildman–Crippen MR) is 81.4 cm³/mol. The third kappa shape index (κ3) is 4.50. The Hall–Kier alpha value is -0.520. The highest BCUT2D eigenvalue weighted by Gasteiger charge is 2.28. The number of halogens is 1. The molecule has 2 aliphatic rings. The fraction of sp³-hybridized carbons (Fsp3) is 0.929. The Kier molecular flexibility index (Phi) is 5.52. The van der Waals surface area contributed by atoms with Crippen molar-refractivity contribution in [3.05, 3.63) is 0 Å². The van der Waals surface area contributed by atoms with Gasteiger partial charge in [0.15, 0.2) is 0 Å². The molecule has 6 unspecified atom stereocenters. The van der Waals surface area contributed by atoms with Gasteiger partial charge in [0.2, 0.25) is 0 Å². The van der Waals surface area contributed by atoms with Crippen molar-refractivity contribution in [1.82, 2.24) is 21.3 Å². The Labute approximate surface area is 126 Å². The quantitative estimate of drug-likeness (QED) is 0.465. The Morgan fingerprint density at radius 1 is 1.05 bits per heavy atom. The van der Waals surface area contributed by atoms with Crippen molar-refractivity contribution in [3.8, 4) is 0 Å². The zero-order valence-electron chi connectivity index (χ0n) is 12.6. The van der Waals surface area contributed by atoms with Crippen LogP contribution in [0, 0.1) is 11.8 Å². The summed E-state index contributed by atoms with van der Waals surface area (Å²) in [7, 11) is 0. The minimum Gasteiger partial charge on any atom is -0.335 e. The first-order chi connectivity index (χ1) is 9.44. The van der Waals surface area contributed by atoms with Gasteiger partial charge in [-0.1, -0.05) is 13.8 Å². The predicted octanol–water partition coefficient (Wildman–Crippen LogP) is 1.93. The molecule has 0 aromatic heterocycles. The second-order valence-electron chi connectivity index (χ2n) is 6.45. The van der Waals surface area contributed by atoms with Crippen LogP contribution in [0.15, 0.2) is 0 Å². The van der Waals surface area contributed by atoms with E-state index in [1.807, 2.05) is 0 Å². The molecule has 6 atom stereocenters. The normalized spacial score (nSPS) is 42.0. The van der Waals surface area contributed by atoms with E-state index in [1.165, 1.54) is 6.42 Å². The van der Waals surface area contributed by atoms with E-state index in [0.29, 0.717) is 12.0 Å². The van der Waals surface area contributed by atoms with Gasteiger partial charge in [-0.2, -0.15) is 0 Å². The van der Waals surface area contributed by atoms with Crippen LogP contribution in [0.2, 0.25) is 0 Å². The molecule has 1 saturated heterocycles. The lowest BCUT2D eigenvalue weighted by atomic mass is 9.79. The molecule has 0 aromatic carbocycles. The van der Waals surface area contributed by atoms with Crippen molar-refractivity contribution >= 4 is 17.6 Å². The van der Waals surface area contributed by atoms with Crippen molar-refractivity contribution in [2.45, 2.75) is 70.3 Å². The molecule has 0 aromatic rings. The van der Waals surface area contributed by atoms with E-state index < -0.39 is 0 Å². The van der Waals surface area contributed by atoms with Gasteiger partial charge in [-0.25, -0.2) is 4.79 Å².